The Morgan fingerprint density at radius 2 is 1.80 bits per heavy atom. The number of hydrogen-bond donors (Lipinski definition) is 2. The molecule has 3 N–H and O–H groups in total. The second kappa shape index (κ2) is 12.6. The maximum atomic E-state index is 14.5. The average Bonchev–Trinajstić information content (AvgIpc) is 3.76. The first-order valence-electron chi connectivity index (χ1n) is 12.8. The Labute approximate surface area is 241 Å². The van der Waals surface area contributed by atoms with Crippen molar-refractivity contribution in [3.63, 3.8) is 0 Å². The first kappa shape index (κ1) is 30.4. The molecule has 1 saturated carbocycles. The lowest BCUT2D eigenvalue weighted by atomic mass is 9.98. The summed E-state index contributed by atoms with van der Waals surface area (Å²) in [6, 6.07) is 9.46. The Balaban J connectivity index is 1.63. The van der Waals surface area contributed by atoms with Gasteiger partial charge >= 0.3 is 6.18 Å². The highest BCUT2D eigenvalue weighted by Gasteiger charge is 2.40. The van der Waals surface area contributed by atoms with Gasteiger partial charge in [0, 0.05) is 12.2 Å². The first-order chi connectivity index (χ1) is 19.4. The average molecular weight is 640 g/mol. The minimum absolute atomic E-state index is 0.0280. The first-order valence-corrected chi connectivity index (χ1v) is 13.9. The van der Waals surface area contributed by atoms with Crippen molar-refractivity contribution < 1.29 is 36.3 Å². The number of ether oxygens (including phenoxy) is 1. The third kappa shape index (κ3) is 7.62. The molecule has 0 aromatic heterocycles. The van der Waals surface area contributed by atoms with Crippen LogP contribution in [0.4, 0.5) is 27.6 Å². The van der Waals surface area contributed by atoms with Crippen LogP contribution in [0.2, 0.25) is 0 Å². The van der Waals surface area contributed by atoms with Gasteiger partial charge in [-0.05, 0) is 104 Å². The molecule has 0 radical (unpaired) electrons. The van der Waals surface area contributed by atoms with Gasteiger partial charge in [0.05, 0.1) is 16.5 Å². The van der Waals surface area contributed by atoms with Crippen molar-refractivity contribution in [2.75, 3.05) is 17.2 Å². The van der Waals surface area contributed by atoms with E-state index in [2.05, 4.69) is 21.2 Å². The van der Waals surface area contributed by atoms with Crippen molar-refractivity contribution in [2.24, 2.45) is 5.84 Å². The highest BCUT2D eigenvalue weighted by molar-refractivity contribution is 9.09. The number of alkyl halides is 4. The number of hydrogen-bond acceptors (Lipinski definition) is 4. The molecule has 0 saturated heterocycles. The third-order valence-electron chi connectivity index (χ3n) is 6.66. The Kier molecular flexibility index (Phi) is 9.33. The van der Waals surface area contributed by atoms with E-state index in [1.807, 2.05) is 0 Å². The van der Waals surface area contributed by atoms with Crippen LogP contribution >= 0.6 is 15.9 Å². The molecule has 1 aliphatic carbocycles. The van der Waals surface area contributed by atoms with Crippen LogP contribution in [-0.2, 0) is 17.4 Å². The van der Waals surface area contributed by atoms with Gasteiger partial charge < -0.3 is 10.1 Å². The number of anilines is 1. The van der Waals surface area contributed by atoms with E-state index in [1.54, 1.807) is 6.92 Å². The summed E-state index contributed by atoms with van der Waals surface area (Å²) in [5.74, 6) is 3.09. The minimum Gasteiger partial charge on any atom is -0.456 e. The van der Waals surface area contributed by atoms with Gasteiger partial charge in [0.2, 0.25) is 5.91 Å². The molecule has 0 spiro atoms. The molecule has 4 rings (SSSR count). The molecule has 41 heavy (non-hydrogen) atoms. The van der Waals surface area contributed by atoms with Crippen molar-refractivity contribution in [1.82, 2.24) is 5.01 Å². The van der Waals surface area contributed by atoms with Crippen molar-refractivity contribution in [1.29, 1.82) is 0 Å². The summed E-state index contributed by atoms with van der Waals surface area (Å²) in [5, 5.41) is 3.59. The number of carbonyl (C=O) groups is 2. The van der Waals surface area contributed by atoms with Crippen LogP contribution in [0.5, 0.6) is 11.5 Å². The Morgan fingerprint density at radius 1 is 1.07 bits per heavy atom. The number of nitrogens with two attached hydrogens (primary N) is 1. The number of rotatable bonds is 10. The van der Waals surface area contributed by atoms with Gasteiger partial charge in [0.15, 0.2) is 0 Å². The lowest BCUT2D eigenvalue weighted by molar-refractivity contribution is -0.138. The molecule has 0 heterocycles. The van der Waals surface area contributed by atoms with Crippen LogP contribution in [-0.4, -0.2) is 28.7 Å². The fourth-order valence-corrected chi connectivity index (χ4v) is 4.69. The van der Waals surface area contributed by atoms with Crippen molar-refractivity contribution in [3.8, 4) is 11.5 Å². The number of nitrogens with one attached hydrogen (secondary N) is 1. The van der Waals surface area contributed by atoms with Gasteiger partial charge in [-0.1, -0.05) is 15.9 Å². The summed E-state index contributed by atoms with van der Waals surface area (Å²) in [7, 11) is 0. The van der Waals surface area contributed by atoms with Gasteiger partial charge in [0.1, 0.15) is 23.1 Å². The van der Waals surface area contributed by atoms with E-state index in [4.69, 9.17) is 10.6 Å². The summed E-state index contributed by atoms with van der Waals surface area (Å²) < 4.78 is 76.1. The van der Waals surface area contributed by atoms with Gasteiger partial charge in [0.25, 0.3) is 5.91 Å². The molecule has 218 valence electrons. The lowest BCUT2D eigenvalue weighted by Crippen LogP contribution is -2.39. The predicted octanol–water partition coefficient (Wildman–Crippen LogP) is 7.24. The molecule has 6 nitrogen and oxygen atoms in total. The van der Waals surface area contributed by atoms with Crippen molar-refractivity contribution in [2.45, 2.75) is 44.7 Å². The van der Waals surface area contributed by atoms with Crippen LogP contribution in [0.3, 0.4) is 0 Å². The van der Waals surface area contributed by atoms with Crippen molar-refractivity contribution >= 4 is 33.4 Å². The van der Waals surface area contributed by atoms with E-state index in [-0.39, 0.29) is 64.0 Å². The number of hydrazine groups is 1. The standard InChI is InChI=1S/C29H27BrF5N3O3/c1-16-11-19(31)6-9-25(16)41-26-14-21(17-4-5-17)23(29(33,34)35)13-22(26)28(40)37-20-7-8-24(32)18(12-20)3-2-10-38(36)27(39)15-30/h6-9,11-14,17H,2-5,10,15,36H2,1H3,(H,37,40). The Hall–Kier alpha value is -3.51. The molecule has 0 unspecified atom stereocenters. The van der Waals surface area contributed by atoms with E-state index in [0.29, 0.717) is 24.8 Å². The summed E-state index contributed by atoms with van der Waals surface area (Å²) >= 11 is 3.02. The number of halogens is 6. The SMILES string of the molecule is Cc1cc(F)ccc1Oc1cc(C2CC2)c(C(F)(F)F)cc1C(=O)Nc1ccc(F)c(CCCN(N)C(=O)CBr)c1. The fraction of sp³-hybridized carbons (Fsp3) is 0.310. The number of carbonyl (C=O) groups excluding carboxylic acids is 2. The molecule has 0 bridgehead atoms. The van der Waals surface area contributed by atoms with E-state index in [1.165, 1.54) is 30.3 Å². The number of benzene rings is 3. The number of nitrogens with zero attached hydrogens (tertiary/aromatic N) is 1. The number of aryl methyl sites for hydroxylation is 2. The zero-order chi connectivity index (χ0) is 29.9. The van der Waals surface area contributed by atoms with Gasteiger partial charge in [-0.25, -0.2) is 14.6 Å². The maximum Gasteiger partial charge on any atom is 0.416 e. The quantitative estimate of drug-likeness (QED) is 0.0805. The predicted molar refractivity (Wildman–Crippen MR) is 147 cm³/mol. The summed E-state index contributed by atoms with van der Waals surface area (Å²) in [6.07, 6.45) is -3.04. The third-order valence-corrected chi connectivity index (χ3v) is 7.14. The summed E-state index contributed by atoms with van der Waals surface area (Å²) in [5.41, 5.74) is -0.528. The van der Waals surface area contributed by atoms with Crippen LogP contribution in [0.1, 0.15) is 57.8 Å². The van der Waals surface area contributed by atoms with E-state index < -0.39 is 29.3 Å². The summed E-state index contributed by atoms with van der Waals surface area (Å²) in [4.78, 5) is 25.0. The van der Waals surface area contributed by atoms with Crippen LogP contribution < -0.4 is 15.9 Å². The summed E-state index contributed by atoms with van der Waals surface area (Å²) in [6.45, 7) is 1.74. The molecule has 3 aromatic carbocycles. The van der Waals surface area contributed by atoms with Crippen LogP contribution in [0.25, 0.3) is 0 Å². The highest BCUT2D eigenvalue weighted by Crippen LogP contribution is 2.48. The molecule has 0 aliphatic heterocycles. The fourth-order valence-electron chi connectivity index (χ4n) is 4.36. The Morgan fingerprint density at radius 3 is 2.44 bits per heavy atom. The maximum absolute atomic E-state index is 14.5. The van der Waals surface area contributed by atoms with Gasteiger partial charge in [-0.3, -0.25) is 14.6 Å². The molecule has 1 fully saturated rings. The zero-order valence-electron chi connectivity index (χ0n) is 22.0. The minimum atomic E-state index is -4.71. The van der Waals surface area contributed by atoms with E-state index >= 15 is 0 Å². The largest absolute Gasteiger partial charge is 0.456 e. The monoisotopic (exact) mass is 639 g/mol. The van der Waals surface area contributed by atoms with Gasteiger partial charge in [-0.15, -0.1) is 0 Å². The molecule has 12 heteroatoms. The normalized spacial score (nSPS) is 13.2. The molecule has 1 aliphatic rings. The van der Waals surface area contributed by atoms with Crippen LogP contribution in [0.15, 0.2) is 48.5 Å². The van der Waals surface area contributed by atoms with Crippen LogP contribution in [0, 0.1) is 18.6 Å². The smallest absolute Gasteiger partial charge is 0.416 e. The molecule has 3 aromatic rings. The Bertz CT molecular complexity index is 1460. The number of amides is 2. The second-order valence-electron chi connectivity index (χ2n) is 9.80. The molecule has 0 atom stereocenters. The highest BCUT2D eigenvalue weighted by atomic mass is 79.9. The molecular weight excluding hydrogens is 613 g/mol. The van der Waals surface area contributed by atoms with E-state index in [9.17, 15) is 31.5 Å². The lowest BCUT2D eigenvalue weighted by Gasteiger charge is -2.19. The van der Waals surface area contributed by atoms with Crippen molar-refractivity contribution in [3.05, 3.63) is 88.0 Å². The van der Waals surface area contributed by atoms with Gasteiger partial charge in [-0.2, -0.15) is 13.2 Å². The second-order valence-corrected chi connectivity index (χ2v) is 10.4. The molecule has 2 amide bonds. The zero-order valence-corrected chi connectivity index (χ0v) is 23.5. The van der Waals surface area contributed by atoms with E-state index in [0.717, 1.165) is 23.2 Å². The molecular formula is C29H27BrF5N3O3. The topological polar surface area (TPSA) is 84.7 Å².